The summed E-state index contributed by atoms with van der Waals surface area (Å²) in [4.78, 5) is 15.8. The second-order valence-corrected chi connectivity index (χ2v) is 9.00. The van der Waals surface area contributed by atoms with E-state index in [9.17, 15) is 0 Å². The van der Waals surface area contributed by atoms with Crippen molar-refractivity contribution in [2.45, 2.75) is 51.2 Å². The van der Waals surface area contributed by atoms with E-state index in [4.69, 9.17) is 9.97 Å². The fourth-order valence-corrected chi connectivity index (χ4v) is 4.95. The van der Waals surface area contributed by atoms with Crippen molar-refractivity contribution in [3.63, 3.8) is 0 Å². The highest BCUT2D eigenvalue weighted by Crippen LogP contribution is 2.33. The third-order valence-electron chi connectivity index (χ3n) is 6.62. The quantitative estimate of drug-likeness (QED) is 0.325. The van der Waals surface area contributed by atoms with Gasteiger partial charge in [-0.15, -0.1) is 0 Å². The van der Waals surface area contributed by atoms with Crippen LogP contribution >= 0.6 is 0 Å². The first-order chi connectivity index (χ1) is 16.4. The highest BCUT2D eigenvalue weighted by Gasteiger charge is 2.27. The molecule has 5 heteroatoms. The van der Waals surface area contributed by atoms with Gasteiger partial charge >= 0.3 is 0 Å². The lowest BCUT2D eigenvalue weighted by Gasteiger charge is -2.34. The van der Waals surface area contributed by atoms with Crippen molar-refractivity contribution in [1.82, 2.24) is 25.2 Å². The summed E-state index contributed by atoms with van der Waals surface area (Å²) < 4.78 is 0. The molecule has 0 amide bonds. The molecule has 2 N–H and O–H groups in total. The number of nitrogens with zero attached hydrogens (tertiary/aromatic N) is 3. The molecule has 170 valence electrons. The number of pyridine rings is 1. The highest BCUT2D eigenvalue weighted by atomic mass is 15.2. The average Bonchev–Trinajstić information content (AvgIpc) is 3.28. The van der Waals surface area contributed by atoms with E-state index in [-0.39, 0.29) is 0 Å². The molecule has 1 aliphatic carbocycles. The number of benzene rings is 2. The Hall–Kier alpha value is -3.02. The van der Waals surface area contributed by atoms with Crippen molar-refractivity contribution >= 4 is 11.0 Å². The van der Waals surface area contributed by atoms with Gasteiger partial charge in [0, 0.05) is 12.7 Å². The molecular weight excluding hydrogens is 406 g/mol. The standard InChI is InChI=1S/C28H33N5/c1-2-10-22(11-3-1)20-29-17-6-7-19-33(21-27-31-24-14-4-5-15-25(24)32-27)26-16-8-12-23-13-9-18-30-28(23)26/h1-5,9-11,13-15,18,26,29H,6-8,12,16-17,19-21H2,(H,31,32). The third kappa shape index (κ3) is 5.49. The van der Waals surface area contributed by atoms with E-state index in [1.54, 1.807) is 0 Å². The number of imidazole rings is 1. The summed E-state index contributed by atoms with van der Waals surface area (Å²) in [7, 11) is 0. The molecule has 0 saturated heterocycles. The van der Waals surface area contributed by atoms with E-state index in [2.05, 4.69) is 81.9 Å². The second-order valence-electron chi connectivity index (χ2n) is 9.00. The van der Waals surface area contributed by atoms with Gasteiger partial charge in [0.2, 0.25) is 0 Å². The van der Waals surface area contributed by atoms with E-state index < -0.39 is 0 Å². The maximum absolute atomic E-state index is 4.86. The van der Waals surface area contributed by atoms with Gasteiger partial charge in [0.05, 0.1) is 29.3 Å². The van der Waals surface area contributed by atoms with Crippen LogP contribution in [0, 0.1) is 0 Å². The molecule has 2 aromatic heterocycles. The Balaban J connectivity index is 1.24. The van der Waals surface area contributed by atoms with E-state index in [1.165, 1.54) is 23.2 Å². The SMILES string of the molecule is c1ccc(CNCCCCN(Cc2nc3ccccc3[nH]2)C2CCCc3cccnc32)cc1. The van der Waals surface area contributed by atoms with Crippen LogP contribution in [0.3, 0.4) is 0 Å². The predicted octanol–water partition coefficient (Wildman–Crippen LogP) is 5.41. The molecule has 0 bridgehead atoms. The number of fused-ring (bicyclic) bond motifs is 2. The van der Waals surface area contributed by atoms with E-state index >= 15 is 0 Å². The minimum atomic E-state index is 0.362. The Bertz CT molecular complexity index is 1120. The van der Waals surface area contributed by atoms with Crippen LogP contribution in [0.2, 0.25) is 0 Å². The molecule has 4 aromatic rings. The molecule has 1 aliphatic rings. The van der Waals surface area contributed by atoms with Crippen LogP contribution in [0.15, 0.2) is 72.9 Å². The molecule has 1 atom stereocenters. The number of para-hydroxylation sites is 2. The summed E-state index contributed by atoms with van der Waals surface area (Å²) in [5.41, 5.74) is 6.17. The van der Waals surface area contributed by atoms with Crippen molar-refractivity contribution in [1.29, 1.82) is 0 Å². The highest BCUT2D eigenvalue weighted by molar-refractivity contribution is 5.74. The Morgan fingerprint density at radius 3 is 2.76 bits per heavy atom. The summed E-state index contributed by atoms with van der Waals surface area (Å²) in [6.07, 6.45) is 7.78. The lowest BCUT2D eigenvalue weighted by atomic mass is 9.90. The smallest absolute Gasteiger partial charge is 0.121 e. The minimum absolute atomic E-state index is 0.362. The first-order valence-electron chi connectivity index (χ1n) is 12.2. The number of rotatable bonds is 10. The molecule has 33 heavy (non-hydrogen) atoms. The third-order valence-corrected chi connectivity index (χ3v) is 6.62. The van der Waals surface area contributed by atoms with Crippen molar-refractivity contribution in [2.75, 3.05) is 13.1 Å². The maximum Gasteiger partial charge on any atom is 0.121 e. The van der Waals surface area contributed by atoms with Crippen LogP contribution in [-0.2, 0) is 19.5 Å². The van der Waals surface area contributed by atoms with Crippen molar-refractivity contribution in [3.8, 4) is 0 Å². The van der Waals surface area contributed by atoms with Gasteiger partial charge in [-0.1, -0.05) is 48.5 Å². The molecule has 1 unspecified atom stereocenters. The van der Waals surface area contributed by atoms with E-state index in [0.29, 0.717) is 6.04 Å². The predicted molar refractivity (Wildman–Crippen MR) is 134 cm³/mol. The van der Waals surface area contributed by atoms with Gasteiger partial charge in [0.1, 0.15) is 5.82 Å². The normalized spacial score (nSPS) is 15.7. The van der Waals surface area contributed by atoms with E-state index in [0.717, 1.165) is 68.7 Å². The van der Waals surface area contributed by atoms with Crippen LogP contribution in [0.1, 0.15) is 54.4 Å². The number of hydrogen-bond donors (Lipinski definition) is 2. The zero-order chi connectivity index (χ0) is 22.3. The van der Waals surface area contributed by atoms with Gasteiger partial charge in [-0.05, 0) is 74.5 Å². The zero-order valence-corrected chi connectivity index (χ0v) is 19.2. The molecule has 0 saturated carbocycles. The van der Waals surface area contributed by atoms with Gasteiger partial charge in [-0.3, -0.25) is 9.88 Å². The molecular formula is C28H33N5. The average molecular weight is 440 g/mol. The molecule has 5 nitrogen and oxygen atoms in total. The Kier molecular flexibility index (Phi) is 7.09. The lowest BCUT2D eigenvalue weighted by Crippen LogP contribution is -2.33. The van der Waals surface area contributed by atoms with Gasteiger partial charge in [0.25, 0.3) is 0 Å². The lowest BCUT2D eigenvalue weighted by molar-refractivity contribution is 0.159. The monoisotopic (exact) mass is 439 g/mol. The van der Waals surface area contributed by atoms with Crippen LogP contribution < -0.4 is 5.32 Å². The van der Waals surface area contributed by atoms with E-state index in [1.807, 2.05) is 6.20 Å². The summed E-state index contributed by atoms with van der Waals surface area (Å²) in [5.74, 6) is 1.04. The summed E-state index contributed by atoms with van der Waals surface area (Å²) in [6.45, 7) is 3.84. The summed E-state index contributed by atoms with van der Waals surface area (Å²) in [6, 6.07) is 23.6. The molecule has 0 radical (unpaired) electrons. The first kappa shape index (κ1) is 21.8. The number of unbranched alkanes of at least 4 members (excludes halogenated alkanes) is 1. The number of hydrogen-bond acceptors (Lipinski definition) is 4. The Labute approximate surface area is 196 Å². The molecule has 0 spiro atoms. The van der Waals surface area contributed by atoms with Crippen molar-refractivity contribution in [2.24, 2.45) is 0 Å². The van der Waals surface area contributed by atoms with Crippen molar-refractivity contribution in [3.05, 3.63) is 95.6 Å². The van der Waals surface area contributed by atoms with Gasteiger partial charge in [-0.2, -0.15) is 0 Å². The molecule has 0 fully saturated rings. The first-order valence-corrected chi connectivity index (χ1v) is 12.2. The molecule has 2 heterocycles. The molecule has 5 rings (SSSR count). The van der Waals surface area contributed by atoms with Crippen LogP contribution in [0.4, 0.5) is 0 Å². The zero-order valence-electron chi connectivity index (χ0n) is 19.2. The number of aromatic amines is 1. The van der Waals surface area contributed by atoms with Gasteiger partial charge in [0.15, 0.2) is 0 Å². The Morgan fingerprint density at radius 2 is 1.85 bits per heavy atom. The van der Waals surface area contributed by atoms with Crippen LogP contribution in [0.5, 0.6) is 0 Å². The van der Waals surface area contributed by atoms with Gasteiger partial charge < -0.3 is 10.3 Å². The maximum atomic E-state index is 4.86. The van der Waals surface area contributed by atoms with Crippen molar-refractivity contribution < 1.29 is 0 Å². The minimum Gasteiger partial charge on any atom is -0.341 e. The Morgan fingerprint density at radius 1 is 0.970 bits per heavy atom. The fourth-order valence-electron chi connectivity index (χ4n) is 4.95. The largest absolute Gasteiger partial charge is 0.341 e. The number of aromatic nitrogens is 3. The number of H-pyrrole nitrogens is 1. The summed E-state index contributed by atoms with van der Waals surface area (Å²) in [5, 5.41) is 3.59. The van der Waals surface area contributed by atoms with Crippen LogP contribution in [0.25, 0.3) is 11.0 Å². The van der Waals surface area contributed by atoms with Crippen LogP contribution in [-0.4, -0.2) is 32.9 Å². The fraction of sp³-hybridized carbons (Fsp3) is 0.357. The topological polar surface area (TPSA) is 56.8 Å². The second kappa shape index (κ2) is 10.7. The number of nitrogens with one attached hydrogen (secondary N) is 2. The number of aryl methyl sites for hydroxylation is 1. The molecule has 0 aliphatic heterocycles. The summed E-state index contributed by atoms with van der Waals surface area (Å²) >= 11 is 0. The molecule has 2 aromatic carbocycles. The van der Waals surface area contributed by atoms with Gasteiger partial charge in [-0.25, -0.2) is 4.98 Å².